The molecule has 1 aliphatic heterocycles. The first-order valence-corrected chi connectivity index (χ1v) is 7.39. The molecule has 22 heavy (non-hydrogen) atoms. The van der Waals surface area contributed by atoms with Crippen LogP contribution in [0.1, 0.15) is 5.56 Å². The number of hydrogen-bond acceptors (Lipinski definition) is 3. The third-order valence-electron chi connectivity index (χ3n) is 3.66. The van der Waals surface area contributed by atoms with E-state index in [0.717, 1.165) is 22.7 Å². The highest BCUT2D eigenvalue weighted by Gasteiger charge is 2.26. The minimum absolute atomic E-state index is 0.0595. The van der Waals surface area contributed by atoms with Gasteiger partial charge in [0.25, 0.3) is 0 Å². The number of benzene rings is 2. The molecule has 0 spiro atoms. The number of carbonyl (C=O) groups excluding carboxylic acids is 1. The Bertz CT molecular complexity index is 685. The Hall–Kier alpha value is -2.20. The third-order valence-corrected chi connectivity index (χ3v) is 3.89. The van der Waals surface area contributed by atoms with Crippen LogP contribution in [0.4, 0.5) is 5.69 Å². The molecule has 0 saturated heterocycles. The van der Waals surface area contributed by atoms with Crippen LogP contribution < -0.4 is 14.8 Å². The minimum atomic E-state index is -0.229. The van der Waals surface area contributed by atoms with Gasteiger partial charge in [0.05, 0.1) is 13.0 Å². The Morgan fingerprint density at radius 3 is 2.77 bits per heavy atom. The fourth-order valence-electron chi connectivity index (χ4n) is 2.45. The van der Waals surface area contributed by atoms with E-state index in [-0.39, 0.29) is 11.8 Å². The summed E-state index contributed by atoms with van der Waals surface area (Å²) in [6, 6.07) is 12.7. The molecule has 0 unspecified atom stereocenters. The number of amides is 1. The zero-order valence-electron chi connectivity index (χ0n) is 12.1. The lowest BCUT2D eigenvalue weighted by Gasteiger charge is -2.24. The molecule has 2 aromatic rings. The maximum atomic E-state index is 12.4. The summed E-state index contributed by atoms with van der Waals surface area (Å²) in [7, 11) is 1.61. The topological polar surface area (TPSA) is 47.6 Å². The SMILES string of the molecule is COc1ccc(NC(=O)[C@H]2COc3ccc(Cl)cc3C2)cc1. The van der Waals surface area contributed by atoms with E-state index in [4.69, 9.17) is 21.1 Å². The summed E-state index contributed by atoms with van der Waals surface area (Å²) in [6.45, 7) is 0.372. The molecule has 0 fully saturated rings. The molecule has 0 aromatic heterocycles. The number of hydrogen-bond donors (Lipinski definition) is 1. The Morgan fingerprint density at radius 2 is 2.05 bits per heavy atom. The van der Waals surface area contributed by atoms with Gasteiger partial charge in [0.2, 0.25) is 5.91 Å². The molecule has 1 aliphatic rings. The van der Waals surface area contributed by atoms with Crippen molar-refractivity contribution in [3.63, 3.8) is 0 Å². The molecule has 0 radical (unpaired) electrons. The Morgan fingerprint density at radius 1 is 1.27 bits per heavy atom. The minimum Gasteiger partial charge on any atom is -0.497 e. The van der Waals surface area contributed by atoms with E-state index in [9.17, 15) is 4.79 Å². The van der Waals surface area contributed by atoms with Crippen LogP contribution >= 0.6 is 11.6 Å². The molecule has 1 amide bonds. The molecule has 2 aromatic carbocycles. The molecule has 5 heteroatoms. The number of methoxy groups -OCH3 is 1. The molecule has 0 aliphatic carbocycles. The fraction of sp³-hybridized carbons (Fsp3) is 0.235. The van der Waals surface area contributed by atoms with Crippen molar-refractivity contribution >= 4 is 23.2 Å². The van der Waals surface area contributed by atoms with Gasteiger partial charge < -0.3 is 14.8 Å². The van der Waals surface area contributed by atoms with Crippen LogP contribution in [0.25, 0.3) is 0 Å². The van der Waals surface area contributed by atoms with Crippen molar-refractivity contribution in [3.05, 3.63) is 53.1 Å². The summed E-state index contributed by atoms with van der Waals surface area (Å²) < 4.78 is 10.7. The zero-order valence-corrected chi connectivity index (χ0v) is 12.9. The van der Waals surface area contributed by atoms with Crippen molar-refractivity contribution in [2.75, 3.05) is 19.0 Å². The summed E-state index contributed by atoms with van der Waals surface area (Å²) >= 11 is 5.99. The summed E-state index contributed by atoms with van der Waals surface area (Å²) in [5.41, 5.74) is 1.70. The molecular formula is C17H16ClNO3. The molecule has 114 valence electrons. The van der Waals surface area contributed by atoms with Crippen molar-refractivity contribution in [1.29, 1.82) is 0 Å². The van der Waals surface area contributed by atoms with Gasteiger partial charge in [-0.15, -0.1) is 0 Å². The first kappa shape index (κ1) is 14.7. The van der Waals surface area contributed by atoms with E-state index in [0.29, 0.717) is 18.1 Å². The van der Waals surface area contributed by atoms with Gasteiger partial charge in [-0.05, 0) is 54.4 Å². The highest BCUT2D eigenvalue weighted by Crippen LogP contribution is 2.30. The predicted octanol–water partition coefficient (Wildman–Crippen LogP) is 3.54. The van der Waals surface area contributed by atoms with Crippen LogP contribution in [-0.2, 0) is 11.2 Å². The number of nitrogens with one attached hydrogen (secondary N) is 1. The average molecular weight is 318 g/mol. The number of rotatable bonds is 3. The number of halogens is 1. The van der Waals surface area contributed by atoms with Gasteiger partial charge in [-0.2, -0.15) is 0 Å². The van der Waals surface area contributed by atoms with E-state index in [1.807, 2.05) is 36.4 Å². The quantitative estimate of drug-likeness (QED) is 0.942. The summed E-state index contributed by atoms with van der Waals surface area (Å²) in [5, 5.41) is 3.55. The maximum absolute atomic E-state index is 12.4. The lowest BCUT2D eigenvalue weighted by Crippen LogP contribution is -2.32. The van der Waals surface area contributed by atoms with Crippen LogP contribution in [-0.4, -0.2) is 19.6 Å². The van der Waals surface area contributed by atoms with Gasteiger partial charge in [0.15, 0.2) is 0 Å². The van der Waals surface area contributed by atoms with Crippen LogP contribution in [0, 0.1) is 5.92 Å². The lowest BCUT2D eigenvalue weighted by atomic mass is 9.96. The monoisotopic (exact) mass is 317 g/mol. The van der Waals surface area contributed by atoms with Crippen molar-refractivity contribution in [2.24, 2.45) is 5.92 Å². The van der Waals surface area contributed by atoms with E-state index in [1.54, 1.807) is 13.2 Å². The van der Waals surface area contributed by atoms with E-state index in [2.05, 4.69) is 5.32 Å². The largest absolute Gasteiger partial charge is 0.497 e. The van der Waals surface area contributed by atoms with Crippen LogP contribution in [0.5, 0.6) is 11.5 Å². The van der Waals surface area contributed by atoms with E-state index >= 15 is 0 Å². The number of ether oxygens (including phenoxy) is 2. The van der Waals surface area contributed by atoms with Gasteiger partial charge >= 0.3 is 0 Å². The van der Waals surface area contributed by atoms with Gasteiger partial charge in [-0.1, -0.05) is 11.6 Å². The Balaban J connectivity index is 1.68. The highest BCUT2D eigenvalue weighted by atomic mass is 35.5. The fourth-order valence-corrected chi connectivity index (χ4v) is 2.64. The normalized spacial score (nSPS) is 16.4. The first-order chi connectivity index (χ1) is 10.7. The second kappa shape index (κ2) is 6.28. The van der Waals surface area contributed by atoms with Crippen LogP contribution in [0.3, 0.4) is 0 Å². The van der Waals surface area contributed by atoms with Gasteiger partial charge in [0.1, 0.15) is 18.1 Å². The smallest absolute Gasteiger partial charge is 0.231 e. The second-order valence-electron chi connectivity index (χ2n) is 5.18. The average Bonchev–Trinajstić information content (AvgIpc) is 2.54. The molecule has 0 bridgehead atoms. The molecule has 1 N–H and O–H groups in total. The molecule has 1 atom stereocenters. The molecular weight excluding hydrogens is 302 g/mol. The van der Waals surface area contributed by atoms with E-state index < -0.39 is 0 Å². The third kappa shape index (κ3) is 3.17. The second-order valence-corrected chi connectivity index (χ2v) is 5.62. The van der Waals surface area contributed by atoms with Gasteiger partial charge in [-0.25, -0.2) is 0 Å². The molecule has 4 nitrogen and oxygen atoms in total. The van der Waals surface area contributed by atoms with Crippen LogP contribution in [0.2, 0.25) is 5.02 Å². The van der Waals surface area contributed by atoms with E-state index in [1.165, 1.54) is 0 Å². The maximum Gasteiger partial charge on any atom is 0.231 e. The van der Waals surface area contributed by atoms with Crippen molar-refractivity contribution in [3.8, 4) is 11.5 Å². The molecule has 1 heterocycles. The summed E-state index contributed by atoms with van der Waals surface area (Å²) in [5.74, 6) is 1.27. The summed E-state index contributed by atoms with van der Waals surface area (Å²) in [6.07, 6.45) is 0.623. The summed E-state index contributed by atoms with van der Waals surface area (Å²) in [4.78, 5) is 12.4. The van der Waals surface area contributed by atoms with Crippen LogP contribution in [0.15, 0.2) is 42.5 Å². The van der Waals surface area contributed by atoms with Crippen molar-refractivity contribution in [1.82, 2.24) is 0 Å². The molecule has 3 rings (SSSR count). The van der Waals surface area contributed by atoms with Crippen molar-refractivity contribution in [2.45, 2.75) is 6.42 Å². The van der Waals surface area contributed by atoms with Gasteiger partial charge in [-0.3, -0.25) is 4.79 Å². The van der Waals surface area contributed by atoms with Gasteiger partial charge in [0, 0.05) is 10.7 Å². The first-order valence-electron chi connectivity index (χ1n) is 7.02. The standard InChI is InChI=1S/C17H16ClNO3/c1-21-15-5-3-14(4-6-15)19-17(20)12-8-11-9-13(18)2-7-16(11)22-10-12/h2-7,9,12H,8,10H2,1H3,(H,19,20)/t12-/m1/s1. The molecule has 0 saturated carbocycles. The number of carbonyl (C=O) groups is 1. The highest BCUT2D eigenvalue weighted by molar-refractivity contribution is 6.30. The Labute approximate surface area is 134 Å². The zero-order chi connectivity index (χ0) is 15.5. The number of fused-ring (bicyclic) bond motifs is 1. The lowest BCUT2D eigenvalue weighted by molar-refractivity contribution is -0.121. The predicted molar refractivity (Wildman–Crippen MR) is 85.8 cm³/mol. The van der Waals surface area contributed by atoms with Crippen molar-refractivity contribution < 1.29 is 14.3 Å². The Kier molecular flexibility index (Phi) is 4.20. The number of anilines is 1.